The first-order valence-corrected chi connectivity index (χ1v) is 7.25. The first kappa shape index (κ1) is 15.4. The molecule has 0 saturated heterocycles. The zero-order valence-electron chi connectivity index (χ0n) is 11.7. The molecular weight excluding hydrogens is 381 g/mol. The number of nitrogen functional groups attached to an aromatic ring is 1. The molecule has 0 atom stereocenters. The molecule has 0 unspecified atom stereocenters. The Balaban J connectivity index is 2.21. The molecule has 0 spiro atoms. The molecule has 1 aromatic heterocycles. The van der Waals surface area contributed by atoms with Gasteiger partial charge in [-0.3, -0.25) is 4.98 Å². The Labute approximate surface area is 136 Å². The van der Waals surface area contributed by atoms with E-state index in [1.54, 1.807) is 19.2 Å². The Kier molecular flexibility index (Phi) is 4.85. The van der Waals surface area contributed by atoms with E-state index in [-0.39, 0.29) is 6.61 Å². The van der Waals surface area contributed by atoms with Crippen molar-refractivity contribution in [1.29, 1.82) is 5.26 Å². The van der Waals surface area contributed by atoms with E-state index in [2.05, 4.69) is 33.6 Å². The molecule has 21 heavy (non-hydrogen) atoms. The van der Waals surface area contributed by atoms with Gasteiger partial charge in [-0.15, -0.1) is 0 Å². The number of rotatable bonds is 4. The summed E-state index contributed by atoms with van der Waals surface area (Å²) in [5.74, 6) is 1.31. The SMILES string of the molecule is COc1cc(C)nc(COc2c(N)cc(C#N)cc2I)c1. The Morgan fingerprint density at radius 2 is 2.10 bits per heavy atom. The minimum atomic E-state index is 0.282. The number of nitriles is 1. The van der Waals surface area contributed by atoms with E-state index in [1.807, 2.05) is 19.1 Å². The summed E-state index contributed by atoms with van der Waals surface area (Å²) in [4.78, 5) is 4.39. The van der Waals surface area contributed by atoms with Crippen LogP contribution in [0.15, 0.2) is 24.3 Å². The monoisotopic (exact) mass is 395 g/mol. The minimum absolute atomic E-state index is 0.282. The van der Waals surface area contributed by atoms with Gasteiger partial charge in [0.25, 0.3) is 0 Å². The summed E-state index contributed by atoms with van der Waals surface area (Å²) in [6, 6.07) is 9.06. The van der Waals surface area contributed by atoms with Gasteiger partial charge in [0.1, 0.15) is 12.4 Å². The first-order valence-electron chi connectivity index (χ1n) is 6.17. The van der Waals surface area contributed by atoms with Gasteiger partial charge >= 0.3 is 0 Å². The van der Waals surface area contributed by atoms with E-state index >= 15 is 0 Å². The minimum Gasteiger partial charge on any atom is -0.497 e. The maximum atomic E-state index is 8.90. The second-order valence-electron chi connectivity index (χ2n) is 4.42. The lowest BCUT2D eigenvalue weighted by atomic mass is 10.2. The summed E-state index contributed by atoms with van der Waals surface area (Å²) in [6.07, 6.45) is 0. The van der Waals surface area contributed by atoms with E-state index in [9.17, 15) is 0 Å². The fraction of sp³-hybridized carbons (Fsp3) is 0.200. The Hall–Kier alpha value is -2.01. The van der Waals surface area contributed by atoms with E-state index in [4.69, 9.17) is 20.5 Å². The number of aryl methyl sites for hydroxylation is 1. The Morgan fingerprint density at radius 1 is 1.33 bits per heavy atom. The van der Waals surface area contributed by atoms with Crippen molar-refractivity contribution in [3.63, 3.8) is 0 Å². The van der Waals surface area contributed by atoms with Crippen molar-refractivity contribution >= 4 is 28.3 Å². The second-order valence-corrected chi connectivity index (χ2v) is 5.58. The van der Waals surface area contributed by atoms with Gasteiger partial charge < -0.3 is 15.2 Å². The number of ether oxygens (including phenoxy) is 2. The molecular formula is C15H14IN3O2. The van der Waals surface area contributed by atoms with Crippen molar-refractivity contribution in [2.24, 2.45) is 0 Å². The predicted molar refractivity (Wildman–Crippen MR) is 88.1 cm³/mol. The highest BCUT2D eigenvalue weighted by Gasteiger charge is 2.10. The van der Waals surface area contributed by atoms with Gasteiger partial charge in [-0.1, -0.05) is 0 Å². The number of methoxy groups -OCH3 is 1. The van der Waals surface area contributed by atoms with Crippen molar-refractivity contribution in [3.05, 3.63) is 44.8 Å². The quantitative estimate of drug-likeness (QED) is 0.636. The highest BCUT2D eigenvalue weighted by molar-refractivity contribution is 14.1. The molecule has 0 saturated carbocycles. The second kappa shape index (κ2) is 6.63. The van der Waals surface area contributed by atoms with Crippen LogP contribution in [0.4, 0.5) is 5.69 Å². The highest BCUT2D eigenvalue weighted by atomic mass is 127. The average Bonchev–Trinajstić information content (AvgIpc) is 2.45. The van der Waals surface area contributed by atoms with Crippen molar-refractivity contribution in [1.82, 2.24) is 4.98 Å². The van der Waals surface area contributed by atoms with Crippen LogP contribution in [-0.2, 0) is 6.61 Å². The van der Waals surface area contributed by atoms with Crippen molar-refractivity contribution < 1.29 is 9.47 Å². The van der Waals surface area contributed by atoms with E-state index in [1.165, 1.54) is 0 Å². The van der Waals surface area contributed by atoms with Crippen LogP contribution in [0.3, 0.4) is 0 Å². The summed E-state index contributed by atoms with van der Waals surface area (Å²) in [6.45, 7) is 2.18. The summed E-state index contributed by atoms with van der Waals surface area (Å²) in [7, 11) is 1.61. The van der Waals surface area contributed by atoms with Crippen LogP contribution in [0.25, 0.3) is 0 Å². The number of aromatic nitrogens is 1. The van der Waals surface area contributed by atoms with Crippen molar-refractivity contribution in [2.75, 3.05) is 12.8 Å². The predicted octanol–water partition coefficient (Wildman–Crippen LogP) is 3.04. The number of anilines is 1. The van der Waals surface area contributed by atoms with E-state index < -0.39 is 0 Å². The average molecular weight is 395 g/mol. The molecule has 1 aromatic carbocycles. The van der Waals surface area contributed by atoms with Gasteiger partial charge in [0, 0.05) is 17.8 Å². The normalized spacial score (nSPS) is 10.0. The Bertz CT molecular complexity index is 688. The fourth-order valence-electron chi connectivity index (χ4n) is 1.87. The van der Waals surface area contributed by atoms with Gasteiger partial charge in [0.15, 0.2) is 5.75 Å². The van der Waals surface area contributed by atoms with Crippen LogP contribution in [0.2, 0.25) is 0 Å². The standard InChI is InChI=1S/C15H14IN3O2/c1-9-3-12(20-2)6-11(19-9)8-21-15-13(16)4-10(7-17)5-14(15)18/h3-6H,8,18H2,1-2H3. The van der Waals surface area contributed by atoms with Crippen LogP contribution in [0.1, 0.15) is 17.0 Å². The number of nitrogens with zero attached hydrogens (tertiary/aromatic N) is 2. The molecule has 0 aliphatic rings. The van der Waals surface area contributed by atoms with Crippen molar-refractivity contribution in [2.45, 2.75) is 13.5 Å². The molecule has 0 amide bonds. The van der Waals surface area contributed by atoms with Crippen LogP contribution < -0.4 is 15.2 Å². The van der Waals surface area contributed by atoms with Crippen molar-refractivity contribution in [3.8, 4) is 17.6 Å². The first-order chi connectivity index (χ1) is 10.0. The number of benzene rings is 1. The lowest BCUT2D eigenvalue weighted by molar-refractivity contribution is 0.299. The largest absolute Gasteiger partial charge is 0.497 e. The lowest BCUT2D eigenvalue weighted by Crippen LogP contribution is -2.04. The molecule has 2 rings (SSSR count). The van der Waals surface area contributed by atoms with Gasteiger partial charge in [-0.2, -0.15) is 5.26 Å². The van der Waals surface area contributed by atoms with Gasteiger partial charge in [-0.05, 0) is 41.6 Å². The molecule has 2 aromatic rings. The van der Waals surface area contributed by atoms with Crippen LogP contribution in [0, 0.1) is 21.8 Å². The molecule has 0 aliphatic carbocycles. The molecule has 2 N–H and O–H groups in total. The summed E-state index contributed by atoms with van der Waals surface area (Å²) < 4.78 is 11.8. The third-order valence-corrected chi connectivity index (χ3v) is 3.58. The molecule has 0 fully saturated rings. The molecule has 1 heterocycles. The maximum Gasteiger partial charge on any atom is 0.156 e. The van der Waals surface area contributed by atoms with Crippen LogP contribution in [0.5, 0.6) is 11.5 Å². The number of hydrogen-bond donors (Lipinski definition) is 1. The third-order valence-electron chi connectivity index (χ3n) is 2.78. The molecule has 0 radical (unpaired) electrons. The molecule has 0 bridgehead atoms. The smallest absolute Gasteiger partial charge is 0.156 e. The van der Waals surface area contributed by atoms with Gasteiger partial charge in [0.2, 0.25) is 0 Å². The third kappa shape index (κ3) is 3.76. The number of nitrogens with two attached hydrogens (primary N) is 1. The van der Waals surface area contributed by atoms with Gasteiger partial charge in [0.05, 0.1) is 33.7 Å². The zero-order chi connectivity index (χ0) is 15.4. The molecule has 6 heteroatoms. The molecule has 5 nitrogen and oxygen atoms in total. The van der Waals surface area contributed by atoms with Crippen LogP contribution >= 0.6 is 22.6 Å². The molecule has 108 valence electrons. The summed E-state index contributed by atoms with van der Waals surface area (Å²) in [5.41, 5.74) is 8.49. The van der Waals surface area contributed by atoms with E-state index in [0.717, 1.165) is 20.7 Å². The highest BCUT2D eigenvalue weighted by Crippen LogP contribution is 2.30. The maximum absolute atomic E-state index is 8.90. The summed E-state index contributed by atoms with van der Waals surface area (Å²) in [5, 5.41) is 8.90. The van der Waals surface area contributed by atoms with Crippen LogP contribution in [-0.4, -0.2) is 12.1 Å². The number of hydrogen-bond acceptors (Lipinski definition) is 5. The number of pyridine rings is 1. The van der Waals surface area contributed by atoms with Gasteiger partial charge in [-0.25, -0.2) is 0 Å². The lowest BCUT2D eigenvalue weighted by Gasteiger charge is -2.12. The van der Waals surface area contributed by atoms with E-state index in [0.29, 0.717) is 17.0 Å². The summed E-state index contributed by atoms with van der Waals surface area (Å²) >= 11 is 2.10. The zero-order valence-corrected chi connectivity index (χ0v) is 13.8. The molecule has 0 aliphatic heterocycles. The Morgan fingerprint density at radius 3 is 2.71 bits per heavy atom. The number of halogens is 1. The fourth-order valence-corrected chi connectivity index (χ4v) is 2.67. The topological polar surface area (TPSA) is 81.2 Å².